The van der Waals surface area contributed by atoms with Gasteiger partial charge in [-0.1, -0.05) is 29.8 Å². The van der Waals surface area contributed by atoms with E-state index in [1.807, 2.05) is 43.3 Å². The Morgan fingerprint density at radius 2 is 1.89 bits per heavy atom. The molecule has 18 heavy (non-hydrogen) atoms. The van der Waals surface area contributed by atoms with Gasteiger partial charge in [0.1, 0.15) is 0 Å². The van der Waals surface area contributed by atoms with E-state index in [0.29, 0.717) is 10.6 Å². The summed E-state index contributed by atoms with van der Waals surface area (Å²) in [5, 5.41) is 9.54. The first-order valence-electron chi connectivity index (χ1n) is 5.50. The Bertz CT molecular complexity index is 622. The number of aliphatic imine (C=N–C) groups is 1. The molecule has 0 aromatic heterocycles. The lowest BCUT2D eigenvalue weighted by molar-refractivity contribution is 1.44. The summed E-state index contributed by atoms with van der Waals surface area (Å²) in [5.74, 6) is 0. The highest BCUT2D eigenvalue weighted by Crippen LogP contribution is 2.17. The topological polar surface area (TPSA) is 36.1 Å². The van der Waals surface area contributed by atoms with Gasteiger partial charge in [-0.05, 0) is 42.8 Å². The van der Waals surface area contributed by atoms with Crippen molar-refractivity contribution in [1.82, 2.24) is 0 Å². The Morgan fingerprint density at radius 1 is 1.17 bits per heavy atom. The zero-order valence-corrected chi connectivity index (χ0v) is 10.6. The maximum Gasteiger partial charge on any atom is 0.0992 e. The number of nitrogens with zero attached hydrogens (tertiary/aromatic N) is 2. The number of hydrogen-bond donors (Lipinski definition) is 0. The fraction of sp³-hybridized carbons (Fsp3) is 0.0667. The molecule has 0 unspecified atom stereocenters. The summed E-state index contributed by atoms with van der Waals surface area (Å²) in [7, 11) is 0. The van der Waals surface area contributed by atoms with Crippen LogP contribution in [0.25, 0.3) is 0 Å². The van der Waals surface area contributed by atoms with E-state index >= 15 is 0 Å². The standard InChI is InChI=1S/C15H11ClN2/c1-11(13-5-7-14(16)8-6-13)18-15-4-2-3-12(9-15)10-17/h2-9H,1H3. The first-order chi connectivity index (χ1) is 8.69. The Labute approximate surface area is 111 Å². The van der Waals surface area contributed by atoms with Crippen LogP contribution in [0.3, 0.4) is 0 Å². The Hall–Kier alpha value is -2.11. The summed E-state index contributed by atoms with van der Waals surface area (Å²) in [5.41, 5.74) is 3.30. The highest BCUT2D eigenvalue weighted by atomic mass is 35.5. The predicted molar refractivity (Wildman–Crippen MR) is 74.5 cm³/mol. The lowest BCUT2D eigenvalue weighted by atomic mass is 10.1. The molecule has 0 heterocycles. The zero-order chi connectivity index (χ0) is 13.0. The van der Waals surface area contributed by atoms with Crippen molar-refractivity contribution in [2.45, 2.75) is 6.92 Å². The lowest BCUT2D eigenvalue weighted by Gasteiger charge is -2.01. The fourth-order valence-corrected chi connectivity index (χ4v) is 1.72. The minimum atomic E-state index is 0.611. The molecule has 88 valence electrons. The third kappa shape index (κ3) is 2.97. The predicted octanol–water partition coefficient (Wildman–Crippen LogP) is 4.35. The van der Waals surface area contributed by atoms with Gasteiger partial charge in [0.2, 0.25) is 0 Å². The molecule has 0 N–H and O–H groups in total. The van der Waals surface area contributed by atoms with E-state index in [1.54, 1.807) is 12.1 Å². The van der Waals surface area contributed by atoms with Crippen LogP contribution < -0.4 is 0 Å². The molecule has 0 saturated carbocycles. The molecule has 0 aliphatic rings. The Morgan fingerprint density at radius 3 is 2.56 bits per heavy atom. The van der Waals surface area contributed by atoms with E-state index in [0.717, 1.165) is 17.0 Å². The molecule has 0 fully saturated rings. The maximum absolute atomic E-state index is 8.83. The fourth-order valence-electron chi connectivity index (χ4n) is 1.59. The average molecular weight is 255 g/mol. The first-order valence-corrected chi connectivity index (χ1v) is 5.88. The minimum absolute atomic E-state index is 0.611. The molecule has 0 aliphatic carbocycles. The molecule has 0 amide bonds. The first kappa shape index (κ1) is 12.3. The van der Waals surface area contributed by atoms with E-state index in [1.165, 1.54) is 0 Å². The van der Waals surface area contributed by atoms with Crippen molar-refractivity contribution in [3.8, 4) is 6.07 Å². The van der Waals surface area contributed by atoms with Gasteiger partial charge in [0.05, 0.1) is 17.3 Å². The second-order valence-electron chi connectivity index (χ2n) is 3.87. The largest absolute Gasteiger partial charge is 0.253 e. The molecular weight excluding hydrogens is 244 g/mol. The van der Waals surface area contributed by atoms with Crippen LogP contribution in [-0.4, -0.2) is 5.71 Å². The molecular formula is C15H11ClN2. The monoisotopic (exact) mass is 254 g/mol. The van der Waals surface area contributed by atoms with Crippen molar-refractivity contribution in [3.63, 3.8) is 0 Å². The van der Waals surface area contributed by atoms with Gasteiger partial charge >= 0.3 is 0 Å². The van der Waals surface area contributed by atoms with Crippen LogP contribution in [0.5, 0.6) is 0 Å². The normalized spacial score (nSPS) is 11.1. The summed E-state index contributed by atoms with van der Waals surface area (Å²) in [6.07, 6.45) is 0. The third-order valence-corrected chi connectivity index (χ3v) is 2.79. The quantitative estimate of drug-likeness (QED) is 0.734. The molecule has 0 aliphatic heterocycles. The van der Waals surface area contributed by atoms with Crippen molar-refractivity contribution in [2.75, 3.05) is 0 Å². The zero-order valence-electron chi connectivity index (χ0n) is 9.89. The van der Waals surface area contributed by atoms with Gasteiger partial charge in [-0.2, -0.15) is 5.26 Å². The van der Waals surface area contributed by atoms with Gasteiger partial charge in [0, 0.05) is 10.7 Å². The van der Waals surface area contributed by atoms with E-state index in [2.05, 4.69) is 11.1 Å². The Kier molecular flexibility index (Phi) is 3.76. The van der Waals surface area contributed by atoms with Gasteiger partial charge in [-0.25, -0.2) is 0 Å². The van der Waals surface area contributed by atoms with Crippen molar-refractivity contribution >= 4 is 23.0 Å². The number of hydrogen-bond acceptors (Lipinski definition) is 2. The van der Waals surface area contributed by atoms with Crippen LogP contribution in [0.1, 0.15) is 18.1 Å². The molecule has 0 atom stereocenters. The summed E-state index contributed by atoms with van der Waals surface area (Å²) in [6.45, 7) is 1.93. The summed E-state index contributed by atoms with van der Waals surface area (Å²) in [4.78, 5) is 4.49. The molecule has 3 heteroatoms. The second-order valence-corrected chi connectivity index (χ2v) is 4.30. The van der Waals surface area contributed by atoms with E-state index in [-0.39, 0.29) is 0 Å². The van der Waals surface area contributed by atoms with Crippen molar-refractivity contribution in [1.29, 1.82) is 5.26 Å². The van der Waals surface area contributed by atoms with E-state index < -0.39 is 0 Å². The minimum Gasteiger partial charge on any atom is -0.253 e. The summed E-state index contributed by atoms with van der Waals surface area (Å²) < 4.78 is 0. The van der Waals surface area contributed by atoms with Gasteiger partial charge < -0.3 is 0 Å². The van der Waals surface area contributed by atoms with E-state index in [9.17, 15) is 0 Å². The molecule has 2 aromatic rings. The van der Waals surface area contributed by atoms with Gasteiger partial charge in [0.15, 0.2) is 0 Å². The lowest BCUT2D eigenvalue weighted by Crippen LogP contribution is -1.93. The van der Waals surface area contributed by atoms with E-state index in [4.69, 9.17) is 16.9 Å². The molecule has 2 aromatic carbocycles. The molecule has 0 spiro atoms. The van der Waals surface area contributed by atoms with Gasteiger partial charge in [-0.15, -0.1) is 0 Å². The molecule has 0 saturated heterocycles. The SMILES string of the molecule is CC(=Nc1cccc(C#N)c1)c1ccc(Cl)cc1. The second kappa shape index (κ2) is 5.48. The number of nitriles is 1. The molecule has 0 radical (unpaired) electrons. The highest BCUT2D eigenvalue weighted by Gasteiger charge is 1.99. The number of halogens is 1. The number of rotatable bonds is 2. The Balaban J connectivity index is 2.32. The van der Waals surface area contributed by atoms with Crippen molar-refractivity contribution in [3.05, 3.63) is 64.7 Å². The maximum atomic E-state index is 8.83. The molecule has 2 nitrogen and oxygen atoms in total. The van der Waals surface area contributed by atoms with Crippen LogP contribution in [-0.2, 0) is 0 Å². The number of benzene rings is 2. The van der Waals surface area contributed by atoms with Crippen LogP contribution in [0.15, 0.2) is 53.5 Å². The van der Waals surface area contributed by atoms with Crippen molar-refractivity contribution < 1.29 is 0 Å². The van der Waals surface area contributed by atoms with Gasteiger partial charge in [-0.3, -0.25) is 4.99 Å². The van der Waals surface area contributed by atoms with Crippen LogP contribution in [0, 0.1) is 11.3 Å². The van der Waals surface area contributed by atoms with Crippen LogP contribution in [0.4, 0.5) is 5.69 Å². The highest BCUT2D eigenvalue weighted by molar-refractivity contribution is 6.30. The third-order valence-electron chi connectivity index (χ3n) is 2.53. The summed E-state index contributed by atoms with van der Waals surface area (Å²) >= 11 is 5.84. The molecule has 2 rings (SSSR count). The average Bonchev–Trinajstić information content (AvgIpc) is 2.39. The van der Waals surface area contributed by atoms with Crippen LogP contribution in [0.2, 0.25) is 5.02 Å². The molecule has 0 bridgehead atoms. The van der Waals surface area contributed by atoms with Crippen LogP contribution >= 0.6 is 11.6 Å². The van der Waals surface area contributed by atoms with Gasteiger partial charge in [0.25, 0.3) is 0 Å². The smallest absolute Gasteiger partial charge is 0.0992 e. The van der Waals surface area contributed by atoms with Crippen molar-refractivity contribution in [2.24, 2.45) is 4.99 Å². The summed E-state index contributed by atoms with van der Waals surface area (Å²) in [6, 6.07) is 16.8.